The standard InChI is InChI=1S/C12H13F3N2O.ClH/c13-8-4-7(5-9(14)10(8)15)11(18)17-6-12(16)2-1-3-12;/h4-5H,1-3,6,16H2,(H,17,18);1H. The zero-order valence-corrected chi connectivity index (χ0v) is 10.8. The summed E-state index contributed by atoms with van der Waals surface area (Å²) in [6, 6.07) is 1.33. The Kier molecular flexibility index (Phi) is 4.81. The van der Waals surface area contributed by atoms with E-state index in [4.69, 9.17) is 5.73 Å². The molecule has 1 fully saturated rings. The Bertz CT molecular complexity index is 469. The van der Waals surface area contributed by atoms with Gasteiger partial charge in [0, 0.05) is 17.6 Å². The molecule has 106 valence electrons. The van der Waals surface area contributed by atoms with Crippen molar-refractivity contribution in [1.82, 2.24) is 5.32 Å². The molecule has 0 atom stereocenters. The first kappa shape index (κ1) is 15.8. The Morgan fingerprint density at radius 2 is 1.79 bits per heavy atom. The topological polar surface area (TPSA) is 55.1 Å². The highest BCUT2D eigenvalue weighted by Gasteiger charge is 2.32. The normalized spacial score (nSPS) is 16.2. The largest absolute Gasteiger partial charge is 0.350 e. The average Bonchev–Trinajstić information content (AvgIpc) is 2.30. The molecule has 2 rings (SSSR count). The first-order chi connectivity index (χ1) is 8.41. The van der Waals surface area contributed by atoms with Gasteiger partial charge in [0.2, 0.25) is 0 Å². The van der Waals surface area contributed by atoms with Gasteiger partial charge in [-0.2, -0.15) is 0 Å². The van der Waals surface area contributed by atoms with Crippen molar-refractivity contribution in [2.24, 2.45) is 5.73 Å². The van der Waals surface area contributed by atoms with Gasteiger partial charge in [-0.25, -0.2) is 13.2 Å². The highest BCUT2D eigenvalue weighted by molar-refractivity contribution is 5.94. The molecule has 1 aromatic carbocycles. The molecule has 1 aromatic rings. The number of benzene rings is 1. The van der Waals surface area contributed by atoms with Gasteiger partial charge in [0.15, 0.2) is 17.5 Å². The van der Waals surface area contributed by atoms with Crippen molar-refractivity contribution in [1.29, 1.82) is 0 Å². The lowest BCUT2D eigenvalue weighted by atomic mass is 9.78. The summed E-state index contributed by atoms with van der Waals surface area (Å²) in [4.78, 5) is 11.6. The third-order valence-corrected chi connectivity index (χ3v) is 3.20. The lowest BCUT2D eigenvalue weighted by molar-refractivity contribution is 0.0928. The minimum Gasteiger partial charge on any atom is -0.350 e. The van der Waals surface area contributed by atoms with Gasteiger partial charge in [-0.15, -0.1) is 12.4 Å². The lowest BCUT2D eigenvalue weighted by Crippen LogP contribution is -2.54. The van der Waals surface area contributed by atoms with Gasteiger partial charge >= 0.3 is 0 Å². The van der Waals surface area contributed by atoms with Crippen LogP contribution in [0.1, 0.15) is 29.6 Å². The molecule has 3 nitrogen and oxygen atoms in total. The Labute approximate surface area is 114 Å². The third-order valence-electron chi connectivity index (χ3n) is 3.20. The first-order valence-electron chi connectivity index (χ1n) is 5.63. The smallest absolute Gasteiger partial charge is 0.251 e. The molecule has 1 aliphatic rings. The lowest BCUT2D eigenvalue weighted by Gasteiger charge is -2.38. The Morgan fingerprint density at radius 1 is 1.26 bits per heavy atom. The summed E-state index contributed by atoms with van der Waals surface area (Å²) < 4.78 is 38.6. The summed E-state index contributed by atoms with van der Waals surface area (Å²) in [5.74, 6) is -5.01. The molecule has 7 heteroatoms. The molecule has 0 spiro atoms. The summed E-state index contributed by atoms with van der Waals surface area (Å²) >= 11 is 0. The van der Waals surface area contributed by atoms with Gasteiger partial charge in [0.05, 0.1) is 0 Å². The van der Waals surface area contributed by atoms with Crippen LogP contribution in [0.2, 0.25) is 0 Å². The van der Waals surface area contributed by atoms with Crippen LogP contribution in [0.15, 0.2) is 12.1 Å². The second kappa shape index (κ2) is 5.79. The number of nitrogens with two attached hydrogens (primary N) is 1. The minimum absolute atomic E-state index is 0. The van der Waals surface area contributed by atoms with Crippen molar-refractivity contribution in [2.45, 2.75) is 24.8 Å². The predicted octanol–water partition coefficient (Wildman–Crippen LogP) is 2.14. The van der Waals surface area contributed by atoms with E-state index < -0.39 is 28.9 Å². The second-order valence-corrected chi connectivity index (χ2v) is 4.65. The second-order valence-electron chi connectivity index (χ2n) is 4.65. The van der Waals surface area contributed by atoms with Crippen molar-refractivity contribution in [3.63, 3.8) is 0 Å². The average molecular weight is 295 g/mol. The zero-order valence-electron chi connectivity index (χ0n) is 10.0. The van der Waals surface area contributed by atoms with Gasteiger partial charge in [-0.1, -0.05) is 0 Å². The number of carbonyl (C=O) groups is 1. The van der Waals surface area contributed by atoms with Crippen LogP contribution in [0.4, 0.5) is 13.2 Å². The summed E-state index contributed by atoms with van der Waals surface area (Å²) in [6.45, 7) is 0.243. The molecule has 1 saturated carbocycles. The number of rotatable bonds is 3. The van der Waals surface area contributed by atoms with Crippen LogP contribution >= 0.6 is 12.4 Å². The molecule has 0 radical (unpaired) electrons. The van der Waals surface area contributed by atoms with Crippen molar-refractivity contribution in [3.8, 4) is 0 Å². The van der Waals surface area contributed by atoms with Crippen LogP contribution in [0.25, 0.3) is 0 Å². The molecule has 0 aromatic heterocycles. The quantitative estimate of drug-likeness (QED) is 0.839. The maximum atomic E-state index is 12.9. The van der Waals surface area contributed by atoms with Gasteiger partial charge in [0.1, 0.15) is 0 Å². The van der Waals surface area contributed by atoms with E-state index >= 15 is 0 Å². The molecule has 0 bridgehead atoms. The third kappa shape index (κ3) is 3.39. The van der Waals surface area contributed by atoms with Gasteiger partial charge in [0.25, 0.3) is 5.91 Å². The van der Waals surface area contributed by atoms with E-state index in [-0.39, 0.29) is 24.5 Å². The van der Waals surface area contributed by atoms with Gasteiger partial charge < -0.3 is 11.1 Å². The van der Waals surface area contributed by atoms with Crippen LogP contribution in [-0.4, -0.2) is 18.0 Å². The van der Waals surface area contributed by atoms with Gasteiger partial charge in [-0.05, 0) is 31.4 Å². The van der Waals surface area contributed by atoms with Crippen LogP contribution in [-0.2, 0) is 0 Å². The van der Waals surface area contributed by atoms with E-state index in [2.05, 4.69) is 5.32 Å². The zero-order chi connectivity index (χ0) is 13.3. The summed E-state index contributed by atoms with van der Waals surface area (Å²) in [6.07, 6.45) is 2.62. The van der Waals surface area contributed by atoms with Crippen molar-refractivity contribution in [2.75, 3.05) is 6.54 Å². The highest BCUT2D eigenvalue weighted by Crippen LogP contribution is 2.28. The van der Waals surface area contributed by atoms with E-state index in [9.17, 15) is 18.0 Å². The molecule has 1 aliphatic carbocycles. The number of hydrogen-bond donors (Lipinski definition) is 2. The summed E-state index contributed by atoms with van der Waals surface area (Å²) in [5, 5.41) is 2.50. The molecule has 1 amide bonds. The molecule has 19 heavy (non-hydrogen) atoms. The van der Waals surface area contributed by atoms with E-state index in [1.165, 1.54) is 0 Å². The number of amides is 1. The molecular formula is C12H14ClF3N2O. The maximum Gasteiger partial charge on any atom is 0.251 e. The predicted molar refractivity (Wildman–Crippen MR) is 66.7 cm³/mol. The Balaban J connectivity index is 0.00000180. The van der Waals surface area contributed by atoms with E-state index in [0.717, 1.165) is 19.3 Å². The molecule has 3 N–H and O–H groups in total. The highest BCUT2D eigenvalue weighted by atomic mass is 35.5. The minimum atomic E-state index is -1.58. The van der Waals surface area contributed by atoms with E-state index in [0.29, 0.717) is 12.1 Å². The van der Waals surface area contributed by atoms with Crippen molar-refractivity contribution < 1.29 is 18.0 Å². The number of carbonyl (C=O) groups excluding carboxylic acids is 1. The summed E-state index contributed by atoms with van der Waals surface area (Å²) in [5.41, 5.74) is 5.21. The molecule has 0 unspecified atom stereocenters. The number of nitrogens with one attached hydrogen (secondary N) is 1. The SMILES string of the molecule is Cl.NC1(CNC(=O)c2cc(F)c(F)c(F)c2)CCC1. The molecule has 0 saturated heterocycles. The number of halogens is 4. The van der Waals surface area contributed by atoms with Gasteiger partial charge in [-0.3, -0.25) is 4.79 Å². The van der Waals surface area contributed by atoms with Crippen molar-refractivity contribution in [3.05, 3.63) is 35.1 Å². The van der Waals surface area contributed by atoms with Crippen LogP contribution in [0.3, 0.4) is 0 Å². The summed E-state index contributed by atoms with van der Waals surface area (Å²) in [7, 11) is 0. The fraction of sp³-hybridized carbons (Fsp3) is 0.417. The molecular weight excluding hydrogens is 281 g/mol. The molecule has 0 aliphatic heterocycles. The number of hydrogen-bond acceptors (Lipinski definition) is 2. The maximum absolute atomic E-state index is 12.9. The van der Waals surface area contributed by atoms with Crippen LogP contribution < -0.4 is 11.1 Å². The molecule has 0 heterocycles. The Hall–Kier alpha value is -1.27. The van der Waals surface area contributed by atoms with E-state index in [1.54, 1.807) is 0 Å². The van der Waals surface area contributed by atoms with Crippen LogP contribution in [0.5, 0.6) is 0 Å². The monoisotopic (exact) mass is 294 g/mol. The van der Waals surface area contributed by atoms with Crippen molar-refractivity contribution >= 4 is 18.3 Å². The fourth-order valence-electron chi connectivity index (χ4n) is 1.85. The van der Waals surface area contributed by atoms with E-state index in [1.807, 2.05) is 0 Å². The van der Waals surface area contributed by atoms with Crippen LogP contribution in [0, 0.1) is 17.5 Å². The Morgan fingerprint density at radius 3 is 2.21 bits per heavy atom. The first-order valence-corrected chi connectivity index (χ1v) is 5.63. The fourth-order valence-corrected chi connectivity index (χ4v) is 1.85.